The number of aryl methyl sites for hydroxylation is 1. The zero-order valence-electron chi connectivity index (χ0n) is 25.0. The SMILES string of the molecule is Cn1[nH]c2nc(Nc3ccc(N4CCN(C(=O)c5cc(Cn6c(=O)[nH]c(=O)c7c(F)cccc76)ccc5F)CC4)cc3)ncc2c1=O. The summed E-state index contributed by atoms with van der Waals surface area (Å²) in [4.78, 5) is 64.7. The molecule has 0 radical (unpaired) electrons. The highest BCUT2D eigenvalue weighted by molar-refractivity contribution is 5.95. The molecule has 6 aromatic rings. The van der Waals surface area contributed by atoms with E-state index in [0.717, 1.165) is 23.5 Å². The van der Waals surface area contributed by atoms with Crippen molar-refractivity contribution >= 4 is 45.2 Å². The van der Waals surface area contributed by atoms with Crippen molar-refractivity contribution in [3.05, 3.63) is 121 Å². The van der Waals surface area contributed by atoms with Crippen LogP contribution in [-0.2, 0) is 13.6 Å². The summed E-state index contributed by atoms with van der Waals surface area (Å²) >= 11 is 0. The Morgan fingerprint density at radius 2 is 1.72 bits per heavy atom. The Balaban J connectivity index is 1.02. The molecule has 4 heterocycles. The highest BCUT2D eigenvalue weighted by Crippen LogP contribution is 2.23. The third-order valence-electron chi connectivity index (χ3n) is 8.23. The number of H-pyrrole nitrogens is 2. The van der Waals surface area contributed by atoms with Gasteiger partial charge in [-0.3, -0.25) is 33.7 Å². The average Bonchev–Trinajstić information content (AvgIpc) is 3.35. The van der Waals surface area contributed by atoms with Gasteiger partial charge >= 0.3 is 5.69 Å². The molecule has 47 heavy (non-hydrogen) atoms. The summed E-state index contributed by atoms with van der Waals surface area (Å²) in [6.45, 7) is 1.64. The molecule has 3 aromatic heterocycles. The second-order valence-corrected chi connectivity index (χ2v) is 11.2. The quantitative estimate of drug-likeness (QED) is 0.252. The molecule has 15 heteroatoms. The topological polar surface area (TPSA) is 154 Å². The van der Waals surface area contributed by atoms with E-state index < -0.39 is 28.8 Å². The first-order valence-corrected chi connectivity index (χ1v) is 14.7. The van der Waals surface area contributed by atoms with Crippen LogP contribution in [-0.4, -0.2) is 66.3 Å². The first-order valence-electron chi connectivity index (χ1n) is 14.7. The van der Waals surface area contributed by atoms with E-state index in [0.29, 0.717) is 48.7 Å². The summed E-state index contributed by atoms with van der Waals surface area (Å²) < 4.78 is 31.8. The number of benzene rings is 3. The Morgan fingerprint density at radius 3 is 2.49 bits per heavy atom. The van der Waals surface area contributed by atoms with Gasteiger partial charge in [-0.2, -0.15) is 4.98 Å². The molecule has 0 bridgehead atoms. The predicted octanol–water partition coefficient (Wildman–Crippen LogP) is 2.69. The summed E-state index contributed by atoms with van der Waals surface area (Å²) in [6.07, 6.45) is 1.47. The van der Waals surface area contributed by atoms with Crippen molar-refractivity contribution in [2.75, 3.05) is 36.4 Å². The predicted molar refractivity (Wildman–Crippen MR) is 171 cm³/mol. The number of piperazine rings is 1. The minimum absolute atomic E-state index is 0.0930. The second kappa shape index (κ2) is 11.7. The van der Waals surface area contributed by atoms with Crippen molar-refractivity contribution in [3.63, 3.8) is 0 Å². The van der Waals surface area contributed by atoms with Crippen LogP contribution in [0.5, 0.6) is 0 Å². The maximum Gasteiger partial charge on any atom is 0.329 e. The highest BCUT2D eigenvalue weighted by Gasteiger charge is 2.25. The van der Waals surface area contributed by atoms with E-state index in [1.54, 1.807) is 11.9 Å². The lowest BCUT2D eigenvalue weighted by Crippen LogP contribution is -2.49. The third-order valence-corrected chi connectivity index (χ3v) is 8.23. The van der Waals surface area contributed by atoms with E-state index in [-0.39, 0.29) is 28.6 Å². The molecule has 3 N–H and O–H groups in total. The molecule has 1 aliphatic heterocycles. The summed E-state index contributed by atoms with van der Waals surface area (Å²) in [5.41, 5.74) is 0.720. The van der Waals surface area contributed by atoms with Crippen molar-refractivity contribution in [2.45, 2.75) is 6.54 Å². The van der Waals surface area contributed by atoms with Crippen LogP contribution >= 0.6 is 0 Å². The Kier molecular flexibility index (Phi) is 7.34. The van der Waals surface area contributed by atoms with Crippen LogP contribution in [0.1, 0.15) is 15.9 Å². The molecule has 0 spiro atoms. The van der Waals surface area contributed by atoms with Crippen molar-refractivity contribution in [1.82, 2.24) is 34.2 Å². The molecule has 0 saturated carbocycles. The lowest BCUT2D eigenvalue weighted by atomic mass is 10.1. The molecular formula is C32H27F2N9O4. The van der Waals surface area contributed by atoms with Gasteiger partial charge in [0, 0.05) is 50.8 Å². The fraction of sp³-hybridized carbons (Fsp3) is 0.188. The van der Waals surface area contributed by atoms with Gasteiger partial charge in [0.2, 0.25) is 5.95 Å². The Bertz CT molecular complexity index is 2350. The largest absolute Gasteiger partial charge is 0.368 e. The van der Waals surface area contributed by atoms with Gasteiger partial charge in [0.05, 0.1) is 23.0 Å². The maximum atomic E-state index is 14.9. The minimum atomic E-state index is -0.837. The molecule has 3 aromatic carbocycles. The van der Waals surface area contributed by atoms with E-state index in [1.807, 2.05) is 24.3 Å². The van der Waals surface area contributed by atoms with Gasteiger partial charge in [0.1, 0.15) is 17.0 Å². The van der Waals surface area contributed by atoms with Crippen LogP contribution in [0.25, 0.3) is 21.9 Å². The van der Waals surface area contributed by atoms with Crippen molar-refractivity contribution in [1.29, 1.82) is 0 Å². The van der Waals surface area contributed by atoms with Crippen LogP contribution in [0.2, 0.25) is 0 Å². The normalized spacial score (nSPS) is 13.4. The summed E-state index contributed by atoms with van der Waals surface area (Å²) in [5, 5.41) is 6.14. The van der Waals surface area contributed by atoms with E-state index in [1.165, 1.54) is 39.7 Å². The molecular weight excluding hydrogens is 612 g/mol. The number of aromatic amines is 2. The molecule has 0 unspecified atom stereocenters. The van der Waals surface area contributed by atoms with Gasteiger partial charge in [-0.1, -0.05) is 12.1 Å². The van der Waals surface area contributed by atoms with Crippen LogP contribution < -0.4 is 27.0 Å². The van der Waals surface area contributed by atoms with Crippen molar-refractivity contribution in [2.24, 2.45) is 7.05 Å². The van der Waals surface area contributed by atoms with E-state index >= 15 is 0 Å². The highest BCUT2D eigenvalue weighted by atomic mass is 19.1. The number of hydrogen-bond donors (Lipinski definition) is 3. The second-order valence-electron chi connectivity index (χ2n) is 11.2. The van der Waals surface area contributed by atoms with E-state index in [2.05, 4.69) is 30.3 Å². The standard InChI is InChI=1S/C32H27F2N9O4/c1-40-29(45)22-16-35-31(37-27(22)39-40)36-19-6-8-20(9-7-19)41-11-13-42(14-12-41)30(46)21-15-18(5-10-23(21)33)17-43-25-4-2-3-24(34)26(25)28(44)38-32(43)47/h2-10,15-16H,11-14,17H2,1H3,(H,38,44,47)(H2,35,36,37,39). The Labute approximate surface area is 263 Å². The van der Waals surface area contributed by atoms with Crippen LogP contribution in [0.3, 0.4) is 0 Å². The number of fused-ring (bicyclic) bond motifs is 2. The van der Waals surface area contributed by atoms with Gasteiger partial charge in [-0.05, 0) is 54.1 Å². The summed E-state index contributed by atoms with van der Waals surface area (Å²) in [5.74, 6) is -1.61. The van der Waals surface area contributed by atoms with Gasteiger partial charge in [-0.25, -0.2) is 18.6 Å². The zero-order chi connectivity index (χ0) is 32.8. The molecule has 1 aliphatic rings. The summed E-state index contributed by atoms with van der Waals surface area (Å²) in [7, 11) is 1.61. The Morgan fingerprint density at radius 1 is 0.957 bits per heavy atom. The smallest absolute Gasteiger partial charge is 0.329 e. The third kappa shape index (κ3) is 5.51. The number of nitrogens with zero attached hydrogens (tertiary/aromatic N) is 6. The molecule has 238 valence electrons. The number of nitrogens with one attached hydrogen (secondary N) is 3. The minimum Gasteiger partial charge on any atom is -0.368 e. The first-order chi connectivity index (χ1) is 22.7. The van der Waals surface area contributed by atoms with Gasteiger partial charge < -0.3 is 15.1 Å². The van der Waals surface area contributed by atoms with Crippen LogP contribution in [0, 0.1) is 11.6 Å². The molecule has 1 saturated heterocycles. The number of halogens is 2. The fourth-order valence-corrected chi connectivity index (χ4v) is 5.77. The van der Waals surface area contributed by atoms with Crippen molar-refractivity contribution < 1.29 is 13.6 Å². The molecule has 0 aliphatic carbocycles. The number of anilines is 3. The number of carbonyl (C=O) groups excluding carboxylic acids is 1. The molecule has 0 atom stereocenters. The van der Waals surface area contributed by atoms with E-state index in [9.17, 15) is 28.0 Å². The lowest BCUT2D eigenvalue weighted by molar-refractivity contribution is 0.0742. The maximum absolute atomic E-state index is 14.9. The van der Waals surface area contributed by atoms with Gasteiger partial charge in [-0.15, -0.1) is 0 Å². The molecule has 1 fully saturated rings. The number of rotatable bonds is 6. The number of amides is 1. The van der Waals surface area contributed by atoms with Crippen molar-refractivity contribution in [3.8, 4) is 0 Å². The summed E-state index contributed by atoms with van der Waals surface area (Å²) in [6, 6.07) is 15.6. The van der Waals surface area contributed by atoms with Crippen LogP contribution in [0.4, 0.5) is 26.1 Å². The fourth-order valence-electron chi connectivity index (χ4n) is 5.77. The monoisotopic (exact) mass is 639 g/mol. The number of hydrogen-bond acceptors (Lipinski definition) is 8. The number of carbonyl (C=O) groups is 1. The van der Waals surface area contributed by atoms with Gasteiger partial charge in [0.15, 0.2) is 5.65 Å². The molecule has 7 rings (SSSR count). The molecule has 1 amide bonds. The van der Waals surface area contributed by atoms with E-state index in [4.69, 9.17) is 0 Å². The average molecular weight is 640 g/mol. The number of aromatic nitrogens is 6. The molecule has 13 nitrogen and oxygen atoms in total. The Hall–Kier alpha value is -6.12. The first kappa shape index (κ1) is 29.6. The van der Waals surface area contributed by atoms with Crippen LogP contribution in [0.15, 0.2) is 81.2 Å². The van der Waals surface area contributed by atoms with Gasteiger partial charge in [0.25, 0.3) is 17.0 Å². The zero-order valence-corrected chi connectivity index (χ0v) is 25.0. The lowest BCUT2D eigenvalue weighted by Gasteiger charge is -2.36.